The highest BCUT2D eigenvalue weighted by molar-refractivity contribution is 7.21. The summed E-state index contributed by atoms with van der Waals surface area (Å²) in [5, 5.41) is 21.6. The minimum atomic E-state index is -0.669. The number of pyridine rings is 1. The number of rotatable bonds is 5. The van der Waals surface area contributed by atoms with E-state index >= 15 is 0 Å². The van der Waals surface area contributed by atoms with Crippen LogP contribution in [-0.4, -0.2) is 22.6 Å². The lowest BCUT2D eigenvalue weighted by Crippen LogP contribution is -2.27. The number of methoxy groups -OCH3 is 1. The molecule has 0 aliphatic carbocycles. The molecule has 0 unspecified atom stereocenters. The highest BCUT2D eigenvalue weighted by Crippen LogP contribution is 2.38. The Bertz CT molecular complexity index is 1460. The molecule has 6 nitrogen and oxygen atoms in total. The molecule has 160 valence electrons. The summed E-state index contributed by atoms with van der Waals surface area (Å²) in [4.78, 5) is 26.6. The second-order valence-electron chi connectivity index (χ2n) is 7.12. The Labute approximate surface area is 192 Å². The highest BCUT2D eigenvalue weighted by Gasteiger charge is 2.28. The first-order valence-electron chi connectivity index (χ1n) is 9.58. The van der Waals surface area contributed by atoms with E-state index < -0.39 is 17.2 Å². The van der Waals surface area contributed by atoms with E-state index in [4.69, 9.17) is 16.3 Å². The van der Waals surface area contributed by atoms with E-state index in [0.29, 0.717) is 11.3 Å². The molecule has 0 spiro atoms. The molecule has 0 aliphatic heterocycles. The summed E-state index contributed by atoms with van der Waals surface area (Å²) in [5.41, 5.74) is -0.161. The van der Waals surface area contributed by atoms with E-state index in [-0.39, 0.29) is 33.1 Å². The van der Waals surface area contributed by atoms with E-state index in [1.807, 2.05) is 30.3 Å². The first-order chi connectivity index (χ1) is 15.4. The van der Waals surface area contributed by atoms with Crippen LogP contribution in [0.4, 0.5) is 0 Å². The predicted octanol–water partition coefficient (Wildman–Crippen LogP) is 4.89. The zero-order valence-electron chi connectivity index (χ0n) is 17.2. The molecule has 0 saturated heterocycles. The number of halogens is 1. The summed E-state index contributed by atoms with van der Waals surface area (Å²) in [6.07, 6.45) is 0. The van der Waals surface area contributed by atoms with Crippen LogP contribution in [0, 0.1) is 18.3 Å². The lowest BCUT2D eigenvalue weighted by molar-refractivity contribution is 0.103. The van der Waals surface area contributed by atoms with Gasteiger partial charge in [0.15, 0.2) is 0 Å². The largest absolute Gasteiger partial charge is 0.497 e. The average molecular weight is 465 g/mol. The monoisotopic (exact) mass is 464 g/mol. The topological polar surface area (TPSA) is 92.3 Å². The van der Waals surface area contributed by atoms with Gasteiger partial charge in [-0.3, -0.25) is 14.2 Å². The van der Waals surface area contributed by atoms with Gasteiger partial charge in [-0.25, -0.2) is 0 Å². The summed E-state index contributed by atoms with van der Waals surface area (Å²) in [6, 6.07) is 16.1. The third-order valence-electron chi connectivity index (χ3n) is 5.27. The van der Waals surface area contributed by atoms with E-state index in [9.17, 15) is 20.0 Å². The number of carbonyl (C=O) groups excluding carboxylic acids is 1. The van der Waals surface area contributed by atoms with Crippen molar-refractivity contribution in [2.45, 2.75) is 13.5 Å². The number of aromatic nitrogens is 1. The number of nitrogens with zero attached hydrogens (tertiary/aromatic N) is 2. The van der Waals surface area contributed by atoms with Gasteiger partial charge in [0.2, 0.25) is 11.7 Å². The fourth-order valence-electron chi connectivity index (χ4n) is 3.56. The number of fused-ring (bicyclic) bond motifs is 1. The van der Waals surface area contributed by atoms with Crippen molar-refractivity contribution >= 4 is 38.8 Å². The van der Waals surface area contributed by atoms with Crippen LogP contribution >= 0.6 is 22.9 Å². The van der Waals surface area contributed by atoms with Crippen LogP contribution < -0.4 is 10.3 Å². The van der Waals surface area contributed by atoms with Crippen LogP contribution in [0.2, 0.25) is 5.02 Å². The number of thiophene rings is 1. The fourth-order valence-corrected chi connectivity index (χ4v) is 5.02. The smallest absolute Gasteiger partial charge is 0.271 e. The Hall–Kier alpha value is -3.60. The number of carbonyl (C=O) groups is 1. The number of aromatic hydroxyl groups is 1. The van der Waals surface area contributed by atoms with Crippen LogP contribution in [0.25, 0.3) is 10.1 Å². The van der Waals surface area contributed by atoms with Crippen LogP contribution in [0.15, 0.2) is 53.3 Å². The van der Waals surface area contributed by atoms with Crippen LogP contribution in [0.5, 0.6) is 11.6 Å². The SMILES string of the molecule is COc1ccc(Cn2c(O)c(C(=O)c3sc4ccccc4c3Cl)c(C)c(C#N)c2=O)cc1. The Balaban J connectivity index is 1.88. The molecule has 0 fully saturated rings. The molecule has 2 aromatic carbocycles. The number of hydrogen-bond acceptors (Lipinski definition) is 6. The molecule has 0 atom stereocenters. The minimum Gasteiger partial charge on any atom is -0.497 e. The van der Waals surface area contributed by atoms with Gasteiger partial charge < -0.3 is 9.84 Å². The molecule has 1 N–H and O–H groups in total. The zero-order valence-corrected chi connectivity index (χ0v) is 18.8. The Kier molecular flexibility index (Phi) is 5.74. The maximum atomic E-state index is 13.5. The first-order valence-corrected chi connectivity index (χ1v) is 10.8. The van der Waals surface area contributed by atoms with Gasteiger partial charge in [0.05, 0.1) is 29.1 Å². The highest BCUT2D eigenvalue weighted by atomic mass is 35.5. The maximum absolute atomic E-state index is 13.5. The Morgan fingerprint density at radius 3 is 2.53 bits per heavy atom. The van der Waals surface area contributed by atoms with Crippen molar-refractivity contribution in [3.05, 3.63) is 91.0 Å². The standard InChI is InChI=1S/C24H17ClN2O4S/c1-13-17(11-26)23(29)27(12-14-7-9-15(31-2)10-8-14)24(30)19(13)21(28)22-20(25)16-5-3-4-6-18(16)32-22/h3-10,30H,12H2,1-2H3. The lowest BCUT2D eigenvalue weighted by Gasteiger charge is -2.15. The van der Waals surface area contributed by atoms with Gasteiger partial charge in [-0.2, -0.15) is 5.26 Å². The van der Waals surface area contributed by atoms with Gasteiger partial charge in [-0.1, -0.05) is 41.9 Å². The summed E-state index contributed by atoms with van der Waals surface area (Å²) in [7, 11) is 1.54. The van der Waals surface area contributed by atoms with E-state index in [1.54, 1.807) is 31.4 Å². The number of hydrogen-bond donors (Lipinski definition) is 1. The second-order valence-corrected chi connectivity index (χ2v) is 8.55. The molecule has 0 amide bonds. The molecule has 2 heterocycles. The molecule has 0 saturated carbocycles. The van der Waals surface area contributed by atoms with Crippen LogP contribution in [0.1, 0.15) is 31.9 Å². The van der Waals surface area contributed by atoms with Crippen LogP contribution in [-0.2, 0) is 6.54 Å². The van der Waals surface area contributed by atoms with Gasteiger partial charge in [0.25, 0.3) is 5.56 Å². The fraction of sp³-hybridized carbons (Fsp3) is 0.125. The van der Waals surface area contributed by atoms with E-state index in [2.05, 4.69) is 0 Å². The zero-order chi connectivity index (χ0) is 23.0. The molecular weight excluding hydrogens is 448 g/mol. The normalized spacial score (nSPS) is 10.8. The van der Waals surface area contributed by atoms with Crippen molar-refractivity contribution in [1.29, 1.82) is 5.26 Å². The molecule has 4 rings (SSSR count). The molecule has 0 aliphatic rings. The van der Waals surface area contributed by atoms with E-state index in [0.717, 1.165) is 14.7 Å². The summed E-state index contributed by atoms with van der Waals surface area (Å²) in [6.45, 7) is 1.45. The summed E-state index contributed by atoms with van der Waals surface area (Å²) < 4.78 is 6.99. The average Bonchev–Trinajstić information content (AvgIpc) is 3.14. The first kappa shape index (κ1) is 21.6. The minimum absolute atomic E-state index is 0.0238. The third-order valence-corrected chi connectivity index (χ3v) is 6.94. The Morgan fingerprint density at radius 1 is 1.22 bits per heavy atom. The summed E-state index contributed by atoms with van der Waals surface area (Å²) in [5.74, 6) is -0.394. The van der Waals surface area contributed by atoms with Crippen molar-refractivity contribution in [2.24, 2.45) is 0 Å². The molecule has 0 radical (unpaired) electrons. The number of ketones is 1. The number of ether oxygens (including phenoxy) is 1. The van der Waals surface area contributed by atoms with Crippen molar-refractivity contribution in [3.8, 4) is 17.7 Å². The lowest BCUT2D eigenvalue weighted by atomic mass is 10.0. The predicted molar refractivity (Wildman–Crippen MR) is 124 cm³/mol. The maximum Gasteiger partial charge on any atom is 0.271 e. The second kappa shape index (κ2) is 8.50. The molecule has 4 aromatic rings. The van der Waals surface area contributed by atoms with Gasteiger partial charge in [-0.05, 0) is 36.2 Å². The van der Waals surface area contributed by atoms with Crippen LogP contribution in [0.3, 0.4) is 0 Å². The number of benzene rings is 2. The third kappa shape index (κ3) is 3.54. The quantitative estimate of drug-likeness (QED) is 0.424. The van der Waals surface area contributed by atoms with Crippen molar-refractivity contribution < 1.29 is 14.6 Å². The summed E-state index contributed by atoms with van der Waals surface area (Å²) >= 11 is 7.67. The van der Waals surface area contributed by atoms with Gasteiger partial charge >= 0.3 is 0 Å². The molecule has 0 bridgehead atoms. The number of nitriles is 1. The Morgan fingerprint density at radius 2 is 1.91 bits per heavy atom. The molecular formula is C24H17ClN2O4S. The molecule has 2 aromatic heterocycles. The van der Waals surface area contributed by atoms with E-state index in [1.165, 1.54) is 18.3 Å². The van der Waals surface area contributed by atoms with Gasteiger partial charge in [-0.15, -0.1) is 11.3 Å². The van der Waals surface area contributed by atoms with Crippen molar-refractivity contribution in [1.82, 2.24) is 4.57 Å². The van der Waals surface area contributed by atoms with Crippen molar-refractivity contribution in [3.63, 3.8) is 0 Å². The van der Waals surface area contributed by atoms with Gasteiger partial charge in [0.1, 0.15) is 17.4 Å². The molecule has 32 heavy (non-hydrogen) atoms. The van der Waals surface area contributed by atoms with Crippen molar-refractivity contribution in [2.75, 3.05) is 7.11 Å². The molecule has 8 heteroatoms. The van der Waals surface area contributed by atoms with Gasteiger partial charge in [0, 0.05) is 10.1 Å².